The molecule has 0 radical (unpaired) electrons. The van der Waals surface area contributed by atoms with Crippen LogP contribution in [0.15, 0.2) is 42.5 Å². The molecule has 0 aliphatic heterocycles. The fraction of sp³-hybridized carbons (Fsp3) is 0.385. The average Bonchev–Trinajstić information content (AvgIpc) is 3.49. The molecule has 1 aliphatic rings. The number of nitrogens with zero attached hydrogens (tertiary/aromatic N) is 3. The minimum absolute atomic E-state index is 0.0823. The first-order chi connectivity index (χ1) is 16.9. The van der Waals surface area contributed by atoms with Crippen LogP contribution in [0.4, 0.5) is 11.6 Å². The topological polar surface area (TPSA) is 136 Å². The molecule has 1 aromatic heterocycles. The van der Waals surface area contributed by atoms with Gasteiger partial charge in [-0.1, -0.05) is 25.0 Å². The van der Waals surface area contributed by atoms with Gasteiger partial charge in [0.1, 0.15) is 0 Å². The lowest BCUT2D eigenvalue weighted by molar-refractivity contribution is -0.119. The molecule has 4 rings (SSSR count). The first-order valence-electron chi connectivity index (χ1n) is 12.0. The molecule has 5 N–H and O–H groups in total. The molecule has 0 saturated heterocycles. The Bertz CT molecular complexity index is 1230. The quantitative estimate of drug-likeness (QED) is 0.436. The van der Waals surface area contributed by atoms with Gasteiger partial charge in [-0.2, -0.15) is 0 Å². The Hall–Kier alpha value is -3.72. The van der Waals surface area contributed by atoms with Crippen molar-refractivity contribution in [3.05, 3.63) is 53.6 Å². The second-order valence-corrected chi connectivity index (χ2v) is 9.14. The third kappa shape index (κ3) is 5.68. The first-order valence-corrected chi connectivity index (χ1v) is 12.0. The van der Waals surface area contributed by atoms with Gasteiger partial charge in [0.25, 0.3) is 5.91 Å². The van der Waals surface area contributed by atoms with Crippen molar-refractivity contribution in [2.24, 2.45) is 17.4 Å². The molecule has 0 spiro atoms. The van der Waals surface area contributed by atoms with E-state index in [1.54, 1.807) is 40.8 Å². The molecule has 1 saturated carbocycles. The Labute approximate surface area is 204 Å². The van der Waals surface area contributed by atoms with Crippen LogP contribution in [-0.4, -0.2) is 34.3 Å². The van der Waals surface area contributed by atoms with E-state index in [0.29, 0.717) is 35.9 Å². The number of anilines is 2. The van der Waals surface area contributed by atoms with Crippen molar-refractivity contribution in [1.82, 2.24) is 9.55 Å². The summed E-state index contributed by atoms with van der Waals surface area (Å²) in [7, 11) is 1.77. The summed E-state index contributed by atoms with van der Waals surface area (Å²) in [5, 5.41) is 2.85. The highest BCUT2D eigenvalue weighted by Crippen LogP contribution is 2.30. The Kier molecular flexibility index (Phi) is 7.45. The molecule has 0 unspecified atom stereocenters. The maximum absolute atomic E-state index is 12.9. The van der Waals surface area contributed by atoms with E-state index in [1.165, 1.54) is 12.8 Å². The van der Waals surface area contributed by atoms with Crippen molar-refractivity contribution < 1.29 is 14.4 Å². The van der Waals surface area contributed by atoms with Crippen molar-refractivity contribution in [3.8, 4) is 0 Å². The molecular weight excluding hydrogens is 444 g/mol. The summed E-state index contributed by atoms with van der Waals surface area (Å²) in [5.74, 6) is 0.0798. The number of amides is 3. The van der Waals surface area contributed by atoms with Gasteiger partial charge >= 0.3 is 0 Å². The number of nitrogens with one attached hydrogen (secondary N) is 1. The summed E-state index contributed by atoms with van der Waals surface area (Å²) in [4.78, 5) is 43.4. The largest absolute Gasteiger partial charge is 0.370 e. The third-order valence-electron chi connectivity index (χ3n) is 6.69. The van der Waals surface area contributed by atoms with Crippen LogP contribution >= 0.6 is 0 Å². The minimum Gasteiger partial charge on any atom is -0.370 e. The molecule has 9 heteroatoms. The average molecular weight is 477 g/mol. The van der Waals surface area contributed by atoms with Gasteiger partial charge in [0, 0.05) is 44.2 Å². The third-order valence-corrected chi connectivity index (χ3v) is 6.69. The summed E-state index contributed by atoms with van der Waals surface area (Å²) in [6.45, 7) is 0.661. The number of primary amides is 1. The molecule has 35 heavy (non-hydrogen) atoms. The van der Waals surface area contributed by atoms with Crippen LogP contribution in [-0.2, 0) is 22.7 Å². The van der Waals surface area contributed by atoms with E-state index in [-0.39, 0.29) is 24.8 Å². The number of carbonyl (C=O) groups excluding carboxylic acids is 3. The van der Waals surface area contributed by atoms with Gasteiger partial charge in [-0.3, -0.25) is 19.7 Å². The van der Waals surface area contributed by atoms with Crippen LogP contribution in [0.5, 0.6) is 0 Å². The highest BCUT2D eigenvalue weighted by atomic mass is 16.2. The second-order valence-electron chi connectivity index (χ2n) is 9.14. The molecular formula is C26H32N6O3. The lowest BCUT2D eigenvalue weighted by Crippen LogP contribution is -2.27. The molecule has 3 aromatic rings. The number of aromatic nitrogens is 2. The number of carbonyl (C=O) groups is 3. The number of rotatable bonds is 9. The number of aryl methyl sites for hydroxylation is 1. The van der Waals surface area contributed by atoms with Crippen LogP contribution in [0.1, 0.15) is 54.4 Å². The van der Waals surface area contributed by atoms with Gasteiger partial charge in [-0.25, -0.2) is 4.98 Å². The first kappa shape index (κ1) is 24.4. The predicted octanol–water partition coefficient (Wildman–Crippen LogP) is 3.17. The maximum atomic E-state index is 12.9. The van der Waals surface area contributed by atoms with Crippen LogP contribution in [0.2, 0.25) is 0 Å². The molecule has 0 atom stereocenters. The monoisotopic (exact) mass is 476 g/mol. The summed E-state index contributed by atoms with van der Waals surface area (Å²) in [5.41, 5.74) is 14.5. The second kappa shape index (κ2) is 10.7. The van der Waals surface area contributed by atoms with E-state index < -0.39 is 5.91 Å². The SMILES string of the molecule is CN(C(=O)CC1CCCC1)c1ccc2c(c1)nc(NC(=O)c1ccc(CN)cc1)n2CCC(N)=O. The zero-order valence-corrected chi connectivity index (χ0v) is 20.0. The smallest absolute Gasteiger partial charge is 0.257 e. The zero-order valence-electron chi connectivity index (χ0n) is 20.0. The van der Waals surface area contributed by atoms with Crippen LogP contribution in [0.25, 0.3) is 11.0 Å². The molecule has 2 aromatic carbocycles. The molecule has 3 amide bonds. The lowest BCUT2D eigenvalue weighted by Gasteiger charge is -2.19. The fourth-order valence-corrected chi connectivity index (χ4v) is 4.58. The number of imidazole rings is 1. The Morgan fingerprint density at radius 2 is 1.83 bits per heavy atom. The molecule has 1 aliphatic carbocycles. The van der Waals surface area contributed by atoms with Gasteiger partial charge in [0.2, 0.25) is 17.8 Å². The number of benzene rings is 2. The van der Waals surface area contributed by atoms with Crippen LogP contribution < -0.4 is 21.7 Å². The minimum atomic E-state index is -0.449. The maximum Gasteiger partial charge on any atom is 0.257 e. The van der Waals surface area contributed by atoms with Crippen LogP contribution in [0.3, 0.4) is 0 Å². The van der Waals surface area contributed by atoms with Gasteiger partial charge in [-0.05, 0) is 54.7 Å². The normalized spacial score (nSPS) is 13.8. The van der Waals surface area contributed by atoms with Crippen molar-refractivity contribution in [2.75, 3.05) is 17.3 Å². The predicted molar refractivity (Wildman–Crippen MR) is 136 cm³/mol. The summed E-state index contributed by atoms with van der Waals surface area (Å²) in [6.07, 6.45) is 5.26. The van der Waals surface area contributed by atoms with E-state index in [2.05, 4.69) is 10.3 Å². The van der Waals surface area contributed by atoms with Crippen LogP contribution in [0, 0.1) is 5.92 Å². The molecule has 184 valence electrons. The fourth-order valence-electron chi connectivity index (χ4n) is 4.58. The van der Waals surface area contributed by atoms with Gasteiger partial charge < -0.3 is 20.9 Å². The van der Waals surface area contributed by atoms with Crippen molar-refractivity contribution in [1.29, 1.82) is 0 Å². The number of hydrogen-bond acceptors (Lipinski definition) is 5. The number of fused-ring (bicyclic) bond motifs is 1. The lowest BCUT2D eigenvalue weighted by atomic mass is 10.0. The van der Waals surface area contributed by atoms with Gasteiger partial charge in [0.05, 0.1) is 11.0 Å². The molecule has 0 bridgehead atoms. The Morgan fingerprint density at radius 1 is 1.11 bits per heavy atom. The van der Waals surface area contributed by atoms with Crippen molar-refractivity contribution >= 4 is 40.4 Å². The van der Waals surface area contributed by atoms with Gasteiger partial charge in [-0.15, -0.1) is 0 Å². The zero-order chi connectivity index (χ0) is 24.9. The number of nitrogens with two attached hydrogens (primary N) is 2. The summed E-state index contributed by atoms with van der Waals surface area (Å²) < 4.78 is 1.76. The number of hydrogen-bond donors (Lipinski definition) is 3. The molecule has 1 fully saturated rings. The van der Waals surface area contributed by atoms with Gasteiger partial charge in [0.15, 0.2) is 0 Å². The summed E-state index contributed by atoms with van der Waals surface area (Å²) in [6, 6.07) is 12.5. The van der Waals surface area contributed by atoms with E-state index in [1.807, 2.05) is 18.2 Å². The van der Waals surface area contributed by atoms with E-state index in [9.17, 15) is 14.4 Å². The van der Waals surface area contributed by atoms with Crippen molar-refractivity contribution in [2.45, 2.75) is 51.6 Å². The highest BCUT2D eigenvalue weighted by Gasteiger charge is 2.22. The van der Waals surface area contributed by atoms with E-state index >= 15 is 0 Å². The standard InChI is InChI=1S/C26H32N6O3/c1-31(24(34)14-17-4-2-3-5-17)20-10-11-22-21(15-20)29-26(32(22)13-12-23(28)33)30-25(35)19-8-6-18(16-27)7-9-19/h6-11,15,17H,2-5,12-14,16,27H2,1H3,(H2,28,33)(H,29,30,35). The van der Waals surface area contributed by atoms with Crippen molar-refractivity contribution in [3.63, 3.8) is 0 Å². The van der Waals surface area contributed by atoms with E-state index in [0.717, 1.165) is 29.6 Å². The van der Waals surface area contributed by atoms with E-state index in [4.69, 9.17) is 11.5 Å². The Balaban J connectivity index is 1.60. The summed E-state index contributed by atoms with van der Waals surface area (Å²) >= 11 is 0. The molecule has 1 heterocycles. The Morgan fingerprint density at radius 3 is 2.49 bits per heavy atom. The molecule has 9 nitrogen and oxygen atoms in total. The highest BCUT2D eigenvalue weighted by molar-refractivity contribution is 6.04.